The minimum Gasteiger partial charge on any atom is -0.480 e. The lowest BCUT2D eigenvalue weighted by Crippen LogP contribution is -2.46. The fourth-order valence-electron chi connectivity index (χ4n) is 2.79. The number of hydrogen-bond donors (Lipinski definition) is 2. The Morgan fingerprint density at radius 3 is 2.62 bits per heavy atom. The molecular formula is C19H24BrN3O3. The summed E-state index contributed by atoms with van der Waals surface area (Å²) < 4.78 is 2.99. The molecule has 1 heterocycles. The van der Waals surface area contributed by atoms with Gasteiger partial charge in [0.05, 0.1) is 12.4 Å². The van der Waals surface area contributed by atoms with E-state index in [1.807, 2.05) is 42.7 Å². The average Bonchev–Trinajstić information content (AvgIpc) is 3.01. The van der Waals surface area contributed by atoms with Crippen molar-refractivity contribution >= 4 is 28.2 Å². The third kappa shape index (κ3) is 6.07. The maximum absolute atomic E-state index is 11.5. The van der Waals surface area contributed by atoms with Crippen molar-refractivity contribution in [1.82, 2.24) is 14.9 Å². The van der Waals surface area contributed by atoms with E-state index in [9.17, 15) is 14.7 Å². The molecule has 2 N–H and O–H groups in total. The Labute approximate surface area is 161 Å². The predicted molar refractivity (Wildman–Crippen MR) is 103 cm³/mol. The Hall–Kier alpha value is -1.99. The van der Waals surface area contributed by atoms with Crippen LogP contribution in [0.3, 0.4) is 0 Å². The van der Waals surface area contributed by atoms with Gasteiger partial charge < -0.3 is 14.5 Å². The normalized spacial score (nSPS) is 13.5. The van der Waals surface area contributed by atoms with Crippen LogP contribution in [-0.4, -0.2) is 39.0 Å². The number of carbonyl (C=O) groups excluding carboxylic acids is 1. The standard InChI is InChI=1S/C19H24BrN3O3/c1-13(2)7-18(19(25)26)22-16(11-24)8-17-9-21-12-23(17)10-14-3-5-15(20)6-4-14/h3-6,9,11-13,16,18,22H,7-8,10H2,1-2H3,(H,25,26)/t16-,18?/m0/s1. The SMILES string of the molecule is CC(C)CC(N[C@H](C=O)Cc1cncn1Cc1ccc(Br)cc1)C(=O)O. The lowest BCUT2D eigenvalue weighted by atomic mass is 10.0. The van der Waals surface area contributed by atoms with E-state index in [4.69, 9.17) is 0 Å². The first-order valence-electron chi connectivity index (χ1n) is 8.56. The first-order valence-corrected chi connectivity index (χ1v) is 9.36. The van der Waals surface area contributed by atoms with Gasteiger partial charge in [0.25, 0.3) is 0 Å². The summed E-state index contributed by atoms with van der Waals surface area (Å²) in [6.45, 7) is 4.56. The second-order valence-corrected chi connectivity index (χ2v) is 7.69. The van der Waals surface area contributed by atoms with Crippen LogP contribution in [0, 0.1) is 5.92 Å². The van der Waals surface area contributed by atoms with Gasteiger partial charge in [-0.15, -0.1) is 0 Å². The van der Waals surface area contributed by atoms with E-state index >= 15 is 0 Å². The van der Waals surface area contributed by atoms with Crippen LogP contribution in [0.1, 0.15) is 31.5 Å². The summed E-state index contributed by atoms with van der Waals surface area (Å²) in [6.07, 6.45) is 5.07. The maximum Gasteiger partial charge on any atom is 0.320 e. The van der Waals surface area contributed by atoms with E-state index in [2.05, 4.69) is 26.2 Å². The molecule has 1 aromatic heterocycles. The first-order chi connectivity index (χ1) is 12.4. The largest absolute Gasteiger partial charge is 0.480 e. The van der Waals surface area contributed by atoms with Crippen LogP contribution in [0.4, 0.5) is 0 Å². The third-order valence-electron chi connectivity index (χ3n) is 4.08. The molecule has 26 heavy (non-hydrogen) atoms. The summed E-state index contributed by atoms with van der Waals surface area (Å²) in [6, 6.07) is 6.68. The fraction of sp³-hybridized carbons (Fsp3) is 0.421. The summed E-state index contributed by atoms with van der Waals surface area (Å²) in [5, 5.41) is 12.3. The molecule has 0 bridgehead atoms. The number of halogens is 1. The Morgan fingerprint density at radius 2 is 2.04 bits per heavy atom. The number of hydrogen-bond acceptors (Lipinski definition) is 4. The van der Waals surface area contributed by atoms with Crippen molar-refractivity contribution in [2.75, 3.05) is 0 Å². The van der Waals surface area contributed by atoms with Crippen molar-refractivity contribution in [1.29, 1.82) is 0 Å². The molecule has 0 aliphatic heterocycles. The number of carboxylic acid groups (broad SMARTS) is 1. The molecule has 0 spiro atoms. The molecule has 0 saturated heterocycles. The number of aromatic nitrogens is 2. The predicted octanol–water partition coefficient (Wildman–Crippen LogP) is 2.89. The van der Waals surface area contributed by atoms with E-state index in [0.29, 0.717) is 19.4 Å². The van der Waals surface area contributed by atoms with Gasteiger partial charge in [-0.2, -0.15) is 0 Å². The van der Waals surface area contributed by atoms with Crippen molar-refractivity contribution in [3.8, 4) is 0 Å². The molecule has 2 rings (SSSR count). The number of benzene rings is 1. The number of aldehydes is 1. The highest BCUT2D eigenvalue weighted by molar-refractivity contribution is 9.10. The van der Waals surface area contributed by atoms with Crippen molar-refractivity contribution < 1.29 is 14.7 Å². The van der Waals surface area contributed by atoms with Crippen LogP contribution < -0.4 is 5.32 Å². The molecule has 1 unspecified atom stereocenters. The summed E-state index contributed by atoms with van der Waals surface area (Å²) in [7, 11) is 0. The number of imidazole rings is 1. The Bertz CT molecular complexity index is 728. The minimum absolute atomic E-state index is 0.221. The highest BCUT2D eigenvalue weighted by atomic mass is 79.9. The van der Waals surface area contributed by atoms with Gasteiger partial charge in [0.1, 0.15) is 12.3 Å². The monoisotopic (exact) mass is 421 g/mol. The molecule has 1 aromatic carbocycles. The second kappa shape index (κ2) is 9.64. The molecule has 2 atom stereocenters. The minimum atomic E-state index is -0.936. The zero-order valence-corrected chi connectivity index (χ0v) is 16.5. The van der Waals surface area contributed by atoms with Crippen molar-refractivity contribution in [2.24, 2.45) is 5.92 Å². The van der Waals surface area contributed by atoms with E-state index < -0.39 is 18.1 Å². The topological polar surface area (TPSA) is 84.2 Å². The number of rotatable bonds is 10. The molecule has 0 saturated carbocycles. The summed E-state index contributed by atoms with van der Waals surface area (Å²) in [5.74, 6) is -0.715. The first kappa shape index (κ1) is 20.3. The van der Waals surface area contributed by atoms with Crippen molar-refractivity contribution in [3.63, 3.8) is 0 Å². The highest BCUT2D eigenvalue weighted by Gasteiger charge is 2.23. The van der Waals surface area contributed by atoms with E-state index in [1.54, 1.807) is 12.5 Å². The lowest BCUT2D eigenvalue weighted by Gasteiger charge is -2.21. The molecule has 0 aliphatic rings. The van der Waals surface area contributed by atoms with E-state index in [1.165, 1.54) is 0 Å². The van der Waals surface area contributed by atoms with Gasteiger partial charge in [-0.3, -0.25) is 10.1 Å². The summed E-state index contributed by atoms with van der Waals surface area (Å²) in [4.78, 5) is 27.1. The van der Waals surface area contributed by atoms with Crippen LogP contribution in [0.2, 0.25) is 0 Å². The van der Waals surface area contributed by atoms with E-state index in [0.717, 1.165) is 22.0 Å². The zero-order valence-electron chi connectivity index (χ0n) is 14.9. The molecule has 0 radical (unpaired) electrons. The second-order valence-electron chi connectivity index (χ2n) is 6.77. The van der Waals surface area contributed by atoms with E-state index in [-0.39, 0.29) is 5.92 Å². The molecular weight excluding hydrogens is 398 g/mol. The van der Waals surface area contributed by atoms with Gasteiger partial charge in [0.2, 0.25) is 0 Å². The van der Waals surface area contributed by atoms with Crippen LogP contribution in [0.15, 0.2) is 41.3 Å². The maximum atomic E-state index is 11.5. The van der Waals surface area contributed by atoms with Crippen LogP contribution in [0.25, 0.3) is 0 Å². The number of carbonyl (C=O) groups is 2. The molecule has 140 valence electrons. The lowest BCUT2D eigenvalue weighted by molar-refractivity contribution is -0.140. The Kier molecular flexibility index (Phi) is 7.53. The number of aliphatic carboxylic acids is 1. The van der Waals surface area contributed by atoms with Gasteiger partial charge in [-0.05, 0) is 30.0 Å². The van der Waals surface area contributed by atoms with Gasteiger partial charge in [0.15, 0.2) is 0 Å². The van der Waals surface area contributed by atoms with Crippen molar-refractivity contribution in [2.45, 2.75) is 45.3 Å². The fourth-order valence-corrected chi connectivity index (χ4v) is 3.05. The Morgan fingerprint density at radius 1 is 1.35 bits per heavy atom. The number of nitrogens with one attached hydrogen (secondary N) is 1. The summed E-state index contributed by atoms with van der Waals surface area (Å²) in [5.41, 5.74) is 2.00. The molecule has 2 aromatic rings. The molecule has 6 nitrogen and oxygen atoms in total. The third-order valence-corrected chi connectivity index (χ3v) is 4.61. The molecule has 0 aliphatic carbocycles. The average molecular weight is 422 g/mol. The van der Waals surface area contributed by atoms with Gasteiger partial charge in [-0.25, -0.2) is 4.98 Å². The van der Waals surface area contributed by atoms with Crippen molar-refractivity contribution in [3.05, 3.63) is 52.5 Å². The van der Waals surface area contributed by atoms with Gasteiger partial charge in [0, 0.05) is 29.3 Å². The highest BCUT2D eigenvalue weighted by Crippen LogP contribution is 2.13. The zero-order chi connectivity index (χ0) is 19.1. The van der Waals surface area contributed by atoms with Gasteiger partial charge in [-0.1, -0.05) is 41.9 Å². The molecule has 0 fully saturated rings. The quantitative estimate of drug-likeness (QED) is 0.576. The molecule has 7 heteroatoms. The summed E-state index contributed by atoms with van der Waals surface area (Å²) >= 11 is 3.42. The van der Waals surface area contributed by atoms with Crippen LogP contribution in [0.5, 0.6) is 0 Å². The number of nitrogens with zero attached hydrogens (tertiary/aromatic N) is 2. The van der Waals surface area contributed by atoms with Crippen LogP contribution >= 0.6 is 15.9 Å². The Balaban J connectivity index is 2.06. The van der Waals surface area contributed by atoms with Gasteiger partial charge >= 0.3 is 5.97 Å². The number of carboxylic acids is 1. The molecule has 0 amide bonds. The smallest absolute Gasteiger partial charge is 0.320 e. The van der Waals surface area contributed by atoms with Crippen LogP contribution in [-0.2, 0) is 22.6 Å².